The first-order valence-electron chi connectivity index (χ1n) is 8.37. The Labute approximate surface area is 145 Å². The molecule has 0 saturated carbocycles. The molecule has 0 aliphatic carbocycles. The van der Waals surface area contributed by atoms with Crippen LogP contribution in [0.5, 0.6) is 0 Å². The number of amides is 1. The molecule has 1 aromatic rings. The molecule has 0 radical (unpaired) electrons. The van der Waals surface area contributed by atoms with E-state index in [0.29, 0.717) is 24.1 Å². The zero-order valence-electron chi connectivity index (χ0n) is 14.6. The number of benzene rings is 1. The van der Waals surface area contributed by atoms with Gasteiger partial charge in [-0.2, -0.15) is 0 Å². The van der Waals surface area contributed by atoms with Crippen LogP contribution < -0.4 is 0 Å². The summed E-state index contributed by atoms with van der Waals surface area (Å²) in [6, 6.07) is 2.30. The van der Waals surface area contributed by atoms with Crippen LogP contribution in [0.4, 0.5) is 13.6 Å². The van der Waals surface area contributed by atoms with Crippen molar-refractivity contribution in [2.24, 2.45) is 5.92 Å². The van der Waals surface area contributed by atoms with Gasteiger partial charge in [0.25, 0.3) is 0 Å². The van der Waals surface area contributed by atoms with E-state index >= 15 is 0 Å². The van der Waals surface area contributed by atoms with Gasteiger partial charge in [-0.15, -0.1) is 0 Å². The summed E-state index contributed by atoms with van der Waals surface area (Å²) in [5, 5.41) is 9.87. The number of likely N-dealkylation sites (tertiary alicyclic amines) is 1. The first-order valence-corrected chi connectivity index (χ1v) is 8.37. The predicted octanol–water partition coefficient (Wildman–Crippen LogP) is 2.94. The molecule has 25 heavy (non-hydrogen) atoms. The van der Waals surface area contributed by atoms with Crippen molar-refractivity contribution in [2.45, 2.75) is 45.0 Å². The van der Waals surface area contributed by atoms with Crippen LogP contribution in [0.1, 0.15) is 38.3 Å². The molecule has 3 rings (SSSR count). The van der Waals surface area contributed by atoms with Gasteiger partial charge in [-0.25, -0.2) is 13.6 Å². The molecule has 1 amide bonds. The van der Waals surface area contributed by atoms with E-state index in [4.69, 9.17) is 9.47 Å². The number of hydrogen-bond donors (Lipinski definition) is 1. The van der Waals surface area contributed by atoms with E-state index in [1.807, 2.05) is 0 Å². The second-order valence-corrected chi connectivity index (χ2v) is 7.66. The van der Waals surface area contributed by atoms with Gasteiger partial charge in [-0.05, 0) is 50.5 Å². The number of fused-ring (bicyclic) bond motifs is 2. The van der Waals surface area contributed by atoms with E-state index in [0.717, 1.165) is 12.1 Å². The lowest BCUT2D eigenvalue weighted by Gasteiger charge is -2.45. The summed E-state index contributed by atoms with van der Waals surface area (Å²) in [6.45, 7) is 5.86. The second kappa shape index (κ2) is 6.21. The van der Waals surface area contributed by atoms with Gasteiger partial charge >= 0.3 is 6.09 Å². The minimum atomic E-state index is -0.935. The van der Waals surface area contributed by atoms with Crippen LogP contribution in [-0.4, -0.2) is 41.4 Å². The Balaban J connectivity index is 1.85. The number of carbonyl (C=O) groups excluding carboxylic acids is 1. The summed E-state index contributed by atoms with van der Waals surface area (Å²) < 4.78 is 38.5. The first kappa shape index (κ1) is 18.1. The zero-order chi connectivity index (χ0) is 18.4. The lowest BCUT2D eigenvalue weighted by Crippen LogP contribution is -2.53. The standard InChI is InChI=1S/C18H23F2NO4/c1-17(2,3)25-16(23)21-5-4-18(12(8-21)9-22)13-7-15(20)14(19)6-11(13)10-24-18/h6-7,12,22H,4-5,8-10H2,1-3H3/t12-,18-/m1/s1. The van der Waals surface area contributed by atoms with Crippen molar-refractivity contribution in [3.63, 3.8) is 0 Å². The number of piperidine rings is 1. The molecule has 1 saturated heterocycles. The molecule has 2 aliphatic rings. The van der Waals surface area contributed by atoms with Crippen molar-refractivity contribution < 1.29 is 28.2 Å². The molecule has 0 bridgehead atoms. The quantitative estimate of drug-likeness (QED) is 0.841. The third-order valence-corrected chi connectivity index (χ3v) is 4.81. The topological polar surface area (TPSA) is 59.0 Å². The number of ether oxygens (including phenoxy) is 2. The minimum Gasteiger partial charge on any atom is -0.444 e. The van der Waals surface area contributed by atoms with E-state index in [1.165, 1.54) is 4.90 Å². The third kappa shape index (κ3) is 3.22. The number of aliphatic hydroxyl groups excluding tert-OH is 1. The molecule has 0 aromatic heterocycles. The van der Waals surface area contributed by atoms with Crippen LogP contribution in [-0.2, 0) is 21.7 Å². The molecular weight excluding hydrogens is 332 g/mol. The molecular formula is C18H23F2NO4. The fourth-order valence-corrected chi connectivity index (χ4v) is 3.64. The highest BCUT2D eigenvalue weighted by Crippen LogP contribution is 2.47. The van der Waals surface area contributed by atoms with E-state index in [2.05, 4.69) is 0 Å². The summed E-state index contributed by atoms with van der Waals surface area (Å²) in [5.74, 6) is -2.29. The fourth-order valence-electron chi connectivity index (χ4n) is 3.64. The lowest BCUT2D eigenvalue weighted by atomic mass is 9.76. The number of nitrogens with zero attached hydrogens (tertiary/aromatic N) is 1. The van der Waals surface area contributed by atoms with Gasteiger partial charge in [0.05, 0.1) is 13.2 Å². The summed E-state index contributed by atoms with van der Waals surface area (Å²) in [5.41, 5.74) is -0.368. The van der Waals surface area contributed by atoms with Gasteiger partial charge in [-0.3, -0.25) is 0 Å². The number of aliphatic hydroxyl groups is 1. The average molecular weight is 355 g/mol. The van der Waals surface area contributed by atoms with Gasteiger partial charge in [0, 0.05) is 19.0 Å². The SMILES string of the molecule is CC(C)(C)OC(=O)N1CC[C@@]2(OCc3cc(F)c(F)cc32)[C@@H](CO)C1. The molecule has 0 unspecified atom stereocenters. The van der Waals surface area contributed by atoms with Crippen molar-refractivity contribution in [3.8, 4) is 0 Å². The van der Waals surface area contributed by atoms with Gasteiger partial charge < -0.3 is 19.5 Å². The van der Waals surface area contributed by atoms with Crippen LogP contribution in [0.25, 0.3) is 0 Å². The van der Waals surface area contributed by atoms with Crippen molar-refractivity contribution >= 4 is 6.09 Å². The summed E-state index contributed by atoms with van der Waals surface area (Å²) in [4.78, 5) is 13.8. The number of rotatable bonds is 1. The molecule has 2 atom stereocenters. The highest BCUT2D eigenvalue weighted by molar-refractivity contribution is 5.68. The van der Waals surface area contributed by atoms with E-state index in [9.17, 15) is 18.7 Å². The van der Waals surface area contributed by atoms with Gasteiger partial charge in [0.15, 0.2) is 11.6 Å². The summed E-state index contributed by atoms with van der Waals surface area (Å²) in [6.07, 6.45) is -0.0699. The molecule has 138 valence electrons. The van der Waals surface area contributed by atoms with Crippen LogP contribution in [0, 0.1) is 17.6 Å². The van der Waals surface area contributed by atoms with Gasteiger partial charge in [0.1, 0.15) is 11.2 Å². The van der Waals surface area contributed by atoms with Crippen molar-refractivity contribution in [2.75, 3.05) is 19.7 Å². The van der Waals surface area contributed by atoms with Crippen LogP contribution in [0.3, 0.4) is 0 Å². The van der Waals surface area contributed by atoms with E-state index in [-0.39, 0.29) is 19.8 Å². The normalized spacial score (nSPS) is 26.0. The van der Waals surface area contributed by atoms with E-state index in [1.54, 1.807) is 20.8 Å². The Kier molecular flexibility index (Phi) is 4.49. The minimum absolute atomic E-state index is 0.162. The molecule has 1 N–H and O–H groups in total. The maximum atomic E-state index is 13.8. The van der Waals surface area contributed by atoms with Crippen molar-refractivity contribution in [3.05, 3.63) is 34.9 Å². The fraction of sp³-hybridized carbons (Fsp3) is 0.611. The monoisotopic (exact) mass is 355 g/mol. The predicted molar refractivity (Wildman–Crippen MR) is 85.8 cm³/mol. The largest absolute Gasteiger partial charge is 0.444 e. The van der Waals surface area contributed by atoms with Crippen molar-refractivity contribution in [1.82, 2.24) is 4.90 Å². The molecule has 2 aliphatic heterocycles. The molecule has 1 fully saturated rings. The van der Waals surface area contributed by atoms with Crippen LogP contribution in [0.2, 0.25) is 0 Å². The number of carbonyl (C=O) groups is 1. The first-order chi connectivity index (χ1) is 11.7. The summed E-state index contributed by atoms with van der Waals surface area (Å²) in [7, 11) is 0. The number of halogens is 2. The maximum absolute atomic E-state index is 13.8. The Bertz CT molecular complexity index is 688. The number of hydrogen-bond acceptors (Lipinski definition) is 4. The second-order valence-electron chi connectivity index (χ2n) is 7.66. The van der Waals surface area contributed by atoms with Gasteiger partial charge in [-0.1, -0.05) is 0 Å². The highest BCUT2D eigenvalue weighted by Gasteiger charge is 2.50. The molecule has 1 spiro atoms. The Morgan fingerprint density at radius 1 is 1.40 bits per heavy atom. The molecule has 5 nitrogen and oxygen atoms in total. The Morgan fingerprint density at radius 2 is 2.08 bits per heavy atom. The molecule has 7 heteroatoms. The van der Waals surface area contributed by atoms with E-state index < -0.39 is 34.8 Å². The maximum Gasteiger partial charge on any atom is 0.410 e. The highest BCUT2D eigenvalue weighted by atomic mass is 19.2. The zero-order valence-corrected chi connectivity index (χ0v) is 14.6. The van der Waals surface area contributed by atoms with Crippen molar-refractivity contribution in [1.29, 1.82) is 0 Å². The summed E-state index contributed by atoms with van der Waals surface area (Å²) >= 11 is 0. The smallest absolute Gasteiger partial charge is 0.410 e. The van der Waals surface area contributed by atoms with Crippen LogP contribution in [0.15, 0.2) is 12.1 Å². The molecule has 2 heterocycles. The average Bonchev–Trinajstić information content (AvgIpc) is 2.85. The van der Waals surface area contributed by atoms with Crippen LogP contribution >= 0.6 is 0 Å². The Morgan fingerprint density at radius 3 is 2.72 bits per heavy atom. The Hall–Kier alpha value is -1.73. The molecule has 1 aromatic carbocycles. The van der Waals surface area contributed by atoms with Gasteiger partial charge in [0.2, 0.25) is 0 Å². The third-order valence-electron chi connectivity index (χ3n) is 4.81. The lowest BCUT2D eigenvalue weighted by molar-refractivity contribution is -0.130.